The number of ether oxygens (including phenoxy) is 1. The first-order chi connectivity index (χ1) is 10.7. The van der Waals surface area contributed by atoms with Crippen LogP contribution in [0.1, 0.15) is 32.3 Å². The molecule has 1 fully saturated rings. The van der Waals surface area contributed by atoms with Crippen molar-refractivity contribution in [1.29, 1.82) is 0 Å². The predicted molar refractivity (Wildman–Crippen MR) is 90.2 cm³/mol. The average Bonchev–Trinajstić information content (AvgIpc) is 2.50. The molecule has 124 valence electrons. The summed E-state index contributed by atoms with van der Waals surface area (Å²) in [6, 6.07) is 8.25. The number of rotatable bonds is 8. The maximum absolute atomic E-state index is 9.44. The minimum atomic E-state index is -0.218. The zero-order valence-electron chi connectivity index (χ0n) is 13.9. The number of benzene rings is 1. The number of nitrogens with zero attached hydrogens (tertiary/aromatic N) is 1. The van der Waals surface area contributed by atoms with E-state index in [-0.39, 0.29) is 6.10 Å². The second-order valence-electron chi connectivity index (χ2n) is 6.26. The molecule has 1 aromatic carbocycles. The van der Waals surface area contributed by atoms with Crippen molar-refractivity contribution in [3.05, 3.63) is 29.8 Å². The van der Waals surface area contributed by atoms with E-state index in [4.69, 9.17) is 4.74 Å². The second-order valence-corrected chi connectivity index (χ2v) is 6.26. The van der Waals surface area contributed by atoms with Crippen LogP contribution in [0.5, 0.6) is 5.75 Å². The van der Waals surface area contributed by atoms with Crippen LogP contribution in [0.4, 0.5) is 0 Å². The van der Waals surface area contributed by atoms with Gasteiger partial charge in [-0.3, -0.25) is 0 Å². The van der Waals surface area contributed by atoms with Crippen molar-refractivity contribution < 1.29 is 9.84 Å². The first-order valence-corrected chi connectivity index (χ1v) is 8.51. The van der Waals surface area contributed by atoms with E-state index in [1.807, 2.05) is 26.0 Å². The minimum Gasteiger partial charge on any atom is -0.494 e. The molecule has 0 bridgehead atoms. The standard InChI is InChI=1S/C18H30N2O2/c1-3-22-18-7-5-4-6-17(18)13-19-12-16-8-10-20(11-9-16)14-15(2)21/h4-7,15-16,19,21H,3,8-14H2,1-2H3/t15-/m0/s1. The highest BCUT2D eigenvalue weighted by atomic mass is 16.5. The average molecular weight is 306 g/mol. The molecule has 0 aromatic heterocycles. The molecule has 1 aromatic rings. The first-order valence-electron chi connectivity index (χ1n) is 8.51. The van der Waals surface area contributed by atoms with Crippen LogP contribution in [0.3, 0.4) is 0 Å². The van der Waals surface area contributed by atoms with Crippen LogP contribution in [0.15, 0.2) is 24.3 Å². The van der Waals surface area contributed by atoms with Crippen LogP contribution < -0.4 is 10.1 Å². The largest absolute Gasteiger partial charge is 0.494 e. The lowest BCUT2D eigenvalue weighted by molar-refractivity contribution is 0.0998. The summed E-state index contributed by atoms with van der Waals surface area (Å²) in [6.45, 7) is 9.53. The van der Waals surface area contributed by atoms with Crippen LogP contribution in [-0.2, 0) is 6.54 Å². The van der Waals surface area contributed by atoms with Crippen molar-refractivity contribution in [2.45, 2.75) is 39.3 Å². The lowest BCUT2D eigenvalue weighted by Gasteiger charge is -2.32. The van der Waals surface area contributed by atoms with Gasteiger partial charge in [-0.25, -0.2) is 0 Å². The number of likely N-dealkylation sites (tertiary alicyclic amines) is 1. The Morgan fingerprint density at radius 1 is 1.32 bits per heavy atom. The van der Waals surface area contributed by atoms with Gasteiger partial charge in [-0.15, -0.1) is 0 Å². The monoisotopic (exact) mass is 306 g/mol. The van der Waals surface area contributed by atoms with Crippen molar-refractivity contribution in [1.82, 2.24) is 10.2 Å². The summed E-state index contributed by atoms with van der Waals surface area (Å²) in [6.07, 6.45) is 2.21. The van der Waals surface area contributed by atoms with Gasteiger partial charge in [0.15, 0.2) is 0 Å². The fraction of sp³-hybridized carbons (Fsp3) is 0.667. The van der Waals surface area contributed by atoms with Gasteiger partial charge in [-0.2, -0.15) is 0 Å². The van der Waals surface area contributed by atoms with Crippen LogP contribution in [-0.4, -0.2) is 48.9 Å². The van der Waals surface area contributed by atoms with Crippen LogP contribution in [0, 0.1) is 5.92 Å². The van der Waals surface area contributed by atoms with E-state index in [0.717, 1.165) is 44.4 Å². The molecule has 4 nitrogen and oxygen atoms in total. The molecule has 1 heterocycles. The summed E-state index contributed by atoms with van der Waals surface area (Å²) in [4.78, 5) is 2.37. The Kier molecular flexibility index (Phi) is 7.16. The summed E-state index contributed by atoms with van der Waals surface area (Å²) in [5.74, 6) is 1.73. The summed E-state index contributed by atoms with van der Waals surface area (Å²) in [5, 5.41) is 13.0. The van der Waals surface area contributed by atoms with Gasteiger partial charge in [0.25, 0.3) is 0 Å². The fourth-order valence-corrected chi connectivity index (χ4v) is 3.10. The number of nitrogens with one attached hydrogen (secondary N) is 1. The first kappa shape index (κ1) is 17.3. The van der Waals surface area contributed by atoms with Gasteiger partial charge in [0.05, 0.1) is 12.7 Å². The molecule has 0 unspecified atom stereocenters. The molecule has 4 heteroatoms. The number of piperidine rings is 1. The number of hydrogen-bond donors (Lipinski definition) is 2. The van der Waals surface area contributed by atoms with Gasteiger partial charge in [0, 0.05) is 18.7 Å². The van der Waals surface area contributed by atoms with Gasteiger partial charge in [-0.1, -0.05) is 18.2 Å². The van der Waals surface area contributed by atoms with Crippen molar-refractivity contribution in [2.24, 2.45) is 5.92 Å². The summed E-state index contributed by atoms with van der Waals surface area (Å²) < 4.78 is 5.66. The minimum absolute atomic E-state index is 0.218. The van der Waals surface area contributed by atoms with Crippen LogP contribution >= 0.6 is 0 Å². The molecule has 2 rings (SSSR count). The molecule has 0 aliphatic carbocycles. The summed E-state index contributed by atoms with van der Waals surface area (Å²) in [7, 11) is 0. The normalized spacial score (nSPS) is 18.3. The van der Waals surface area contributed by atoms with Crippen molar-refractivity contribution in [3.8, 4) is 5.75 Å². The Hall–Kier alpha value is -1.10. The maximum Gasteiger partial charge on any atom is 0.123 e. The Morgan fingerprint density at radius 2 is 2.05 bits per heavy atom. The van der Waals surface area contributed by atoms with E-state index in [1.165, 1.54) is 18.4 Å². The SMILES string of the molecule is CCOc1ccccc1CNCC1CCN(C[C@H](C)O)CC1. The molecule has 1 aliphatic rings. The second kappa shape index (κ2) is 9.13. The lowest BCUT2D eigenvalue weighted by atomic mass is 9.96. The zero-order valence-corrected chi connectivity index (χ0v) is 13.9. The molecule has 1 saturated heterocycles. The Bertz CT molecular complexity index is 429. The third-order valence-electron chi connectivity index (χ3n) is 4.25. The molecular formula is C18H30N2O2. The number of aliphatic hydroxyl groups excluding tert-OH is 1. The van der Waals surface area contributed by atoms with Gasteiger partial charge in [-0.05, 0) is 58.3 Å². The smallest absolute Gasteiger partial charge is 0.123 e. The van der Waals surface area contributed by atoms with E-state index in [1.54, 1.807) is 0 Å². The highest BCUT2D eigenvalue weighted by Crippen LogP contribution is 2.19. The Balaban J connectivity index is 1.69. The van der Waals surface area contributed by atoms with Gasteiger partial charge < -0.3 is 20.1 Å². The molecule has 0 radical (unpaired) electrons. The molecule has 0 spiro atoms. The van der Waals surface area contributed by atoms with E-state index in [0.29, 0.717) is 6.61 Å². The number of β-amino-alcohol motifs (C(OH)–C–C–N with tert-alkyl or cyclic N) is 1. The Labute approximate surface area is 134 Å². The number of aliphatic hydroxyl groups is 1. The predicted octanol–water partition coefficient (Wildman–Crippen LogP) is 2.27. The third kappa shape index (κ3) is 5.59. The summed E-state index contributed by atoms with van der Waals surface area (Å²) >= 11 is 0. The van der Waals surface area contributed by atoms with Gasteiger partial charge in [0.2, 0.25) is 0 Å². The van der Waals surface area contributed by atoms with E-state index < -0.39 is 0 Å². The van der Waals surface area contributed by atoms with E-state index >= 15 is 0 Å². The highest BCUT2D eigenvalue weighted by molar-refractivity contribution is 5.33. The molecule has 2 N–H and O–H groups in total. The van der Waals surface area contributed by atoms with Crippen molar-refractivity contribution in [3.63, 3.8) is 0 Å². The fourth-order valence-electron chi connectivity index (χ4n) is 3.10. The van der Waals surface area contributed by atoms with Crippen molar-refractivity contribution in [2.75, 3.05) is 32.8 Å². The lowest BCUT2D eigenvalue weighted by Crippen LogP contribution is -2.40. The molecule has 0 saturated carbocycles. The Morgan fingerprint density at radius 3 is 2.73 bits per heavy atom. The number of hydrogen-bond acceptors (Lipinski definition) is 4. The van der Waals surface area contributed by atoms with Crippen LogP contribution in [0.25, 0.3) is 0 Å². The molecule has 1 atom stereocenters. The quantitative estimate of drug-likeness (QED) is 0.773. The van der Waals surface area contributed by atoms with E-state index in [2.05, 4.69) is 22.3 Å². The summed E-state index contributed by atoms with van der Waals surface area (Å²) in [5.41, 5.74) is 1.23. The van der Waals surface area contributed by atoms with Gasteiger partial charge >= 0.3 is 0 Å². The van der Waals surface area contributed by atoms with Crippen LogP contribution in [0.2, 0.25) is 0 Å². The number of para-hydroxylation sites is 1. The van der Waals surface area contributed by atoms with Crippen molar-refractivity contribution >= 4 is 0 Å². The highest BCUT2D eigenvalue weighted by Gasteiger charge is 2.19. The molecule has 22 heavy (non-hydrogen) atoms. The molecular weight excluding hydrogens is 276 g/mol. The zero-order chi connectivity index (χ0) is 15.8. The molecule has 1 aliphatic heterocycles. The van der Waals surface area contributed by atoms with Gasteiger partial charge in [0.1, 0.15) is 5.75 Å². The maximum atomic E-state index is 9.44. The third-order valence-corrected chi connectivity index (χ3v) is 4.25. The molecule has 0 amide bonds. The van der Waals surface area contributed by atoms with E-state index in [9.17, 15) is 5.11 Å². The topological polar surface area (TPSA) is 44.7 Å².